The van der Waals surface area contributed by atoms with Crippen LogP contribution in [0.15, 0.2) is 18.2 Å². The molecule has 7 nitrogen and oxygen atoms in total. The van der Waals surface area contributed by atoms with Crippen LogP contribution >= 0.6 is 0 Å². The lowest BCUT2D eigenvalue weighted by atomic mass is 9.88. The standard InChI is InChI=1S/C17H25N3O4/c1-20(2)17(5-7-22-8-6-17)12-18-16(21)19-13-3-4-14-15(11-13)24-10-9-23-14/h3-4,11H,5-10,12H2,1-2H3,(H2,18,19,21). The summed E-state index contributed by atoms with van der Waals surface area (Å²) in [7, 11) is 4.09. The lowest BCUT2D eigenvalue weighted by molar-refractivity contribution is -0.00553. The van der Waals surface area contributed by atoms with Crippen LogP contribution in [0.3, 0.4) is 0 Å². The first kappa shape index (κ1) is 16.9. The fourth-order valence-corrected chi connectivity index (χ4v) is 3.07. The number of urea groups is 1. The molecule has 0 spiro atoms. The van der Waals surface area contributed by atoms with Crippen molar-refractivity contribution < 1.29 is 19.0 Å². The van der Waals surface area contributed by atoms with Crippen LogP contribution < -0.4 is 20.1 Å². The van der Waals surface area contributed by atoms with E-state index in [0.717, 1.165) is 26.1 Å². The second-order valence-electron chi connectivity index (χ2n) is 6.40. The van der Waals surface area contributed by atoms with E-state index in [9.17, 15) is 4.79 Å². The number of ether oxygens (including phenoxy) is 3. The third kappa shape index (κ3) is 3.73. The molecule has 2 N–H and O–H groups in total. The van der Waals surface area contributed by atoms with Gasteiger partial charge in [-0.1, -0.05) is 0 Å². The molecule has 2 aliphatic rings. The first-order valence-electron chi connectivity index (χ1n) is 8.29. The topological polar surface area (TPSA) is 72.1 Å². The van der Waals surface area contributed by atoms with Gasteiger partial charge in [0, 0.05) is 37.1 Å². The number of rotatable bonds is 4. The highest BCUT2D eigenvalue weighted by molar-refractivity contribution is 5.89. The lowest BCUT2D eigenvalue weighted by Crippen LogP contribution is -2.56. The summed E-state index contributed by atoms with van der Waals surface area (Å²) in [6, 6.07) is 5.18. The number of carbonyl (C=O) groups is 1. The number of benzene rings is 1. The van der Waals surface area contributed by atoms with Crippen LogP contribution in [0.25, 0.3) is 0 Å². The van der Waals surface area contributed by atoms with Gasteiger partial charge in [0.1, 0.15) is 13.2 Å². The predicted octanol–water partition coefficient (Wildman–Crippen LogP) is 1.69. The Morgan fingerprint density at radius 1 is 1.12 bits per heavy atom. The van der Waals surface area contributed by atoms with Crippen molar-refractivity contribution in [3.05, 3.63) is 18.2 Å². The zero-order valence-electron chi connectivity index (χ0n) is 14.3. The Morgan fingerprint density at radius 2 is 1.83 bits per heavy atom. The highest BCUT2D eigenvalue weighted by Crippen LogP contribution is 2.32. The number of amides is 2. The molecule has 1 saturated heterocycles. The number of carbonyl (C=O) groups excluding carboxylic acids is 1. The molecule has 1 aromatic rings. The molecule has 0 unspecified atom stereocenters. The third-order valence-corrected chi connectivity index (χ3v) is 4.75. The van der Waals surface area contributed by atoms with Gasteiger partial charge in [-0.2, -0.15) is 0 Å². The summed E-state index contributed by atoms with van der Waals surface area (Å²) in [6.07, 6.45) is 1.81. The maximum absolute atomic E-state index is 12.2. The van der Waals surface area contributed by atoms with Gasteiger partial charge in [-0.3, -0.25) is 0 Å². The summed E-state index contributed by atoms with van der Waals surface area (Å²) >= 11 is 0. The highest BCUT2D eigenvalue weighted by Gasteiger charge is 2.35. The molecule has 2 aliphatic heterocycles. The van der Waals surface area contributed by atoms with Gasteiger partial charge in [0.25, 0.3) is 0 Å². The molecular formula is C17H25N3O4. The van der Waals surface area contributed by atoms with Crippen molar-refractivity contribution in [3.8, 4) is 11.5 Å². The van der Waals surface area contributed by atoms with Crippen molar-refractivity contribution in [1.29, 1.82) is 0 Å². The molecule has 24 heavy (non-hydrogen) atoms. The minimum Gasteiger partial charge on any atom is -0.486 e. The summed E-state index contributed by atoms with van der Waals surface area (Å²) in [5.41, 5.74) is 0.630. The molecule has 0 bridgehead atoms. The molecule has 1 fully saturated rings. The second-order valence-corrected chi connectivity index (χ2v) is 6.40. The molecule has 0 saturated carbocycles. The molecule has 0 radical (unpaired) electrons. The Kier molecular flexibility index (Phi) is 5.11. The number of hydrogen-bond acceptors (Lipinski definition) is 5. The van der Waals surface area contributed by atoms with E-state index in [4.69, 9.17) is 14.2 Å². The van der Waals surface area contributed by atoms with Gasteiger partial charge >= 0.3 is 6.03 Å². The van der Waals surface area contributed by atoms with E-state index in [-0.39, 0.29) is 11.6 Å². The first-order chi connectivity index (χ1) is 11.6. The monoisotopic (exact) mass is 335 g/mol. The molecule has 3 rings (SSSR count). The molecular weight excluding hydrogens is 310 g/mol. The van der Waals surface area contributed by atoms with Crippen LogP contribution in [0, 0.1) is 0 Å². The summed E-state index contributed by atoms with van der Waals surface area (Å²) in [4.78, 5) is 14.4. The third-order valence-electron chi connectivity index (χ3n) is 4.75. The maximum Gasteiger partial charge on any atom is 0.319 e. The average Bonchev–Trinajstić information content (AvgIpc) is 2.60. The van der Waals surface area contributed by atoms with E-state index in [1.54, 1.807) is 6.07 Å². The zero-order chi connectivity index (χ0) is 17.0. The molecule has 0 aromatic heterocycles. The Labute approximate surface area is 142 Å². The summed E-state index contributed by atoms with van der Waals surface area (Å²) < 4.78 is 16.5. The highest BCUT2D eigenvalue weighted by atomic mass is 16.6. The normalized spacial score (nSPS) is 19.0. The minimum atomic E-state index is -0.223. The predicted molar refractivity (Wildman–Crippen MR) is 90.9 cm³/mol. The Balaban J connectivity index is 1.57. The smallest absolute Gasteiger partial charge is 0.319 e. The SMILES string of the molecule is CN(C)C1(CNC(=O)Nc2ccc3c(c2)OCCO3)CCOCC1. The fraction of sp³-hybridized carbons (Fsp3) is 0.588. The number of nitrogens with one attached hydrogen (secondary N) is 2. The number of hydrogen-bond donors (Lipinski definition) is 2. The minimum absolute atomic E-state index is 0.0532. The van der Waals surface area contributed by atoms with E-state index in [2.05, 4.69) is 15.5 Å². The Hall–Kier alpha value is -1.99. The van der Waals surface area contributed by atoms with E-state index >= 15 is 0 Å². The zero-order valence-corrected chi connectivity index (χ0v) is 14.3. The van der Waals surface area contributed by atoms with Crippen LogP contribution in [0.5, 0.6) is 11.5 Å². The van der Waals surface area contributed by atoms with Crippen molar-refractivity contribution in [3.63, 3.8) is 0 Å². The van der Waals surface area contributed by atoms with E-state index < -0.39 is 0 Å². The van der Waals surface area contributed by atoms with Crippen LogP contribution in [0.1, 0.15) is 12.8 Å². The average molecular weight is 335 g/mol. The van der Waals surface area contributed by atoms with Gasteiger partial charge in [-0.05, 0) is 39.1 Å². The van der Waals surface area contributed by atoms with Crippen molar-refractivity contribution in [2.24, 2.45) is 0 Å². The van der Waals surface area contributed by atoms with E-state index in [1.807, 2.05) is 26.2 Å². The molecule has 1 aromatic carbocycles. The largest absolute Gasteiger partial charge is 0.486 e. The van der Waals surface area contributed by atoms with Gasteiger partial charge in [0.05, 0.1) is 0 Å². The molecule has 0 aliphatic carbocycles. The molecule has 0 atom stereocenters. The van der Waals surface area contributed by atoms with Gasteiger partial charge in [0.2, 0.25) is 0 Å². The molecule has 2 heterocycles. The molecule has 2 amide bonds. The summed E-state index contributed by atoms with van der Waals surface area (Å²) in [5.74, 6) is 1.37. The number of anilines is 1. The van der Waals surface area contributed by atoms with Crippen molar-refractivity contribution in [1.82, 2.24) is 10.2 Å². The Morgan fingerprint density at radius 3 is 2.54 bits per heavy atom. The van der Waals surface area contributed by atoms with Crippen LogP contribution in [-0.4, -0.2) is 63.5 Å². The molecule has 7 heteroatoms. The molecule has 132 valence electrons. The van der Waals surface area contributed by atoms with Gasteiger partial charge < -0.3 is 29.7 Å². The number of likely N-dealkylation sites (N-methyl/N-ethyl adjacent to an activating group) is 1. The van der Waals surface area contributed by atoms with Crippen LogP contribution in [0.2, 0.25) is 0 Å². The van der Waals surface area contributed by atoms with Gasteiger partial charge in [0.15, 0.2) is 11.5 Å². The van der Waals surface area contributed by atoms with Gasteiger partial charge in [-0.25, -0.2) is 4.79 Å². The number of fused-ring (bicyclic) bond motifs is 1. The first-order valence-corrected chi connectivity index (χ1v) is 8.29. The van der Waals surface area contributed by atoms with E-state index in [0.29, 0.717) is 36.9 Å². The maximum atomic E-state index is 12.2. The summed E-state index contributed by atoms with van der Waals surface area (Å²) in [5, 5.41) is 5.84. The van der Waals surface area contributed by atoms with E-state index in [1.165, 1.54) is 0 Å². The van der Waals surface area contributed by atoms with Gasteiger partial charge in [-0.15, -0.1) is 0 Å². The van der Waals surface area contributed by atoms with Crippen molar-refractivity contribution in [2.45, 2.75) is 18.4 Å². The van der Waals surface area contributed by atoms with Crippen molar-refractivity contribution in [2.75, 3.05) is 52.4 Å². The summed E-state index contributed by atoms with van der Waals surface area (Å²) in [6.45, 7) is 3.11. The fourth-order valence-electron chi connectivity index (χ4n) is 3.07. The quantitative estimate of drug-likeness (QED) is 0.876. The second kappa shape index (κ2) is 7.27. The van der Waals surface area contributed by atoms with Crippen molar-refractivity contribution >= 4 is 11.7 Å². The van der Waals surface area contributed by atoms with Crippen LogP contribution in [-0.2, 0) is 4.74 Å². The van der Waals surface area contributed by atoms with Crippen LogP contribution in [0.4, 0.5) is 10.5 Å². The lowest BCUT2D eigenvalue weighted by Gasteiger charge is -2.42. The number of nitrogens with zero attached hydrogens (tertiary/aromatic N) is 1. The Bertz CT molecular complexity index is 585.